The largest absolute Gasteiger partial charge is 0.479 e. The number of nitrogen functional groups attached to an aromatic ring is 1. The van der Waals surface area contributed by atoms with E-state index in [1.165, 1.54) is 24.8 Å². The number of hydrogen-bond acceptors (Lipinski definition) is 10. The summed E-state index contributed by atoms with van der Waals surface area (Å²) in [6.07, 6.45) is 7.52. The summed E-state index contributed by atoms with van der Waals surface area (Å²) in [5, 5.41) is 15.0. The van der Waals surface area contributed by atoms with Crippen molar-refractivity contribution in [3.8, 4) is 12.3 Å². The molecule has 0 radical (unpaired) electrons. The molecule has 0 aliphatic carbocycles. The van der Waals surface area contributed by atoms with Crippen molar-refractivity contribution in [2.75, 3.05) is 37.4 Å². The number of ether oxygens (including phenoxy) is 2. The first-order chi connectivity index (χ1) is 20.8. The van der Waals surface area contributed by atoms with E-state index in [9.17, 15) is 14.7 Å². The highest BCUT2D eigenvalue weighted by Crippen LogP contribution is 2.33. The van der Waals surface area contributed by atoms with Crippen molar-refractivity contribution < 1.29 is 24.2 Å². The number of benzene rings is 1. The Morgan fingerprint density at radius 2 is 2.12 bits per heavy atom. The molecule has 1 fully saturated rings. The number of aliphatic carboxylic acids is 1. The van der Waals surface area contributed by atoms with Gasteiger partial charge in [-0.1, -0.05) is 18.1 Å². The summed E-state index contributed by atoms with van der Waals surface area (Å²) in [4.78, 5) is 43.6. The maximum absolute atomic E-state index is 12.9. The lowest BCUT2D eigenvalue weighted by molar-refractivity contribution is -0.174. The molecule has 3 atom stereocenters. The number of amides is 2. The Hall–Kier alpha value is -4.29. The van der Waals surface area contributed by atoms with E-state index >= 15 is 0 Å². The van der Waals surface area contributed by atoms with Crippen LogP contribution in [0.1, 0.15) is 17.7 Å². The van der Waals surface area contributed by atoms with Gasteiger partial charge in [0.05, 0.1) is 36.2 Å². The first-order valence-corrected chi connectivity index (χ1v) is 14.6. The van der Waals surface area contributed by atoms with E-state index in [2.05, 4.69) is 31.2 Å². The molecule has 1 saturated heterocycles. The molecule has 1 aliphatic rings. The lowest BCUT2D eigenvalue weighted by Gasteiger charge is -2.32. The Kier molecular flexibility index (Phi) is 9.07. The minimum absolute atomic E-state index is 0.0302. The topological polar surface area (TPSA) is 171 Å². The second-order valence-electron chi connectivity index (χ2n) is 9.89. The van der Waals surface area contributed by atoms with Crippen LogP contribution in [0.4, 0.5) is 16.3 Å². The number of rotatable bonds is 12. The quantitative estimate of drug-likeness (QED) is 0.157. The number of methoxy groups -OCH3 is 1. The number of hydrogen-bond donors (Lipinski definition) is 3. The molecule has 4 aromatic rings. The van der Waals surface area contributed by atoms with Crippen molar-refractivity contribution in [2.24, 2.45) is 5.92 Å². The van der Waals surface area contributed by atoms with Crippen molar-refractivity contribution in [2.45, 2.75) is 31.1 Å². The molecule has 15 heteroatoms. The van der Waals surface area contributed by atoms with Gasteiger partial charge in [0, 0.05) is 44.2 Å². The standard InChI is InChI=1S/C28H29ClN8O5S/c1-3-18(12-36-15-32-22-23(30)34-26(29)35-24(22)36)20(41-2)13-42-28(25(38)39,21-14-43-16-33-21)11-17-5-7-19(8-6-17)37-10-4-9-31-27(37)40/h1,5-8,14-16,18,20H,4,9-13H2,2H3,(H,31,40)(H,38,39)(H2,30,34,35). The van der Waals surface area contributed by atoms with Gasteiger partial charge in [-0.3, -0.25) is 4.90 Å². The molecule has 4 N–H and O–H groups in total. The third-order valence-corrected chi connectivity index (χ3v) is 8.04. The van der Waals surface area contributed by atoms with E-state index in [4.69, 9.17) is 33.2 Å². The summed E-state index contributed by atoms with van der Waals surface area (Å²) < 4.78 is 13.6. The predicted octanol–water partition coefficient (Wildman–Crippen LogP) is 2.94. The zero-order valence-electron chi connectivity index (χ0n) is 23.1. The Labute approximate surface area is 256 Å². The van der Waals surface area contributed by atoms with Crippen LogP contribution in [0.25, 0.3) is 11.2 Å². The van der Waals surface area contributed by atoms with Gasteiger partial charge in [0.2, 0.25) is 10.9 Å². The minimum Gasteiger partial charge on any atom is -0.479 e. The van der Waals surface area contributed by atoms with Gasteiger partial charge >= 0.3 is 12.0 Å². The number of anilines is 2. The third-order valence-electron chi connectivity index (χ3n) is 7.29. The Balaban J connectivity index is 1.38. The zero-order chi connectivity index (χ0) is 30.6. The molecule has 3 unspecified atom stereocenters. The molecule has 2 amide bonds. The highest BCUT2D eigenvalue weighted by molar-refractivity contribution is 7.07. The van der Waals surface area contributed by atoms with E-state index in [0.29, 0.717) is 35.5 Å². The predicted molar refractivity (Wildman–Crippen MR) is 161 cm³/mol. The molecular weight excluding hydrogens is 596 g/mol. The minimum atomic E-state index is -1.84. The van der Waals surface area contributed by atoms with Gasteiger partial charge in [0.1, 0.15) is 5.52 Å². The van der Waals surface area contributed by atoms with Crippen molar-refractivity contribution in [1.29, 1.82) is 0 Å². The van der Waals surface area contributed by atoms with Crippen LogP contribution < -0.4 is 16.0 Å². The number of imidazole rings is 1. The molecular formula is C28H29ClN8O5S. The van der Waals surface area contributed by atoms with Crippen molar-refractivity contribution >= 4 is 57.6 Å². The Bertz CT molecular complexity index is 1640. The highest BCUT2D eigenvalue weighted by atomic mass is 35.5. The molecule has 0 bridgehead atoms. The van der Waals surface area contributed by atoms with Crippen molar-refractivity contribution in [1.82, 2.24) is 29.8 Å². The number of nitrogens with zero attached hydrogens (tertiary/aromatic N) is 6. The first-order valence-electron chi connectivity index (χ1n) is 13.3. The van der Waals surface area contributed by atoms with Crippen LogP contribution in [-0.2, 0) is 32.8 Å². The number of nitrogens with one attached hydrogen (secondary N) is 1. The number of aromatic nitrogens is 5. The number of terminal acetylenes is 1. The number of halogens is 1. The second-order valence-corrected chi connectivity index (χ2v) is 10.9. The average Bonchev–Trinajstić information content (AvgIpc) is 3.68. The fourth-order valence-corrected chi connectivity index (χ4v) is 5.75. The number of urea groups is 1. The normalized spacial score (nSPS) is 16.3. The monoisotopic (exact) mass is 624 g/mol. The lowest BCUT2D eigenvalue weighted by Crippen LogP contribution is -2.46. The van der Waals surface area contributed by atoms with Gasteiger partial charge in [-0.25, -0.2) is 19.6 Å². The number of carboxylic acids is 1. The van der Waals surface area contributed by atoms with E-state index in [-0.39, 0.29) is 42.4 Å². The van der Waals surface area contributed by atoms with E-state index in [0.717, 1.165) is 6.42 Å². The molecule has 1 aliphatic heterocycles. The van der Waals surface area contributed by atoms with Gasteiger partial charge in [0.15, 0.2) is 11.5 Å². The molecule has 43 heavy (non-hydrogen) atoms. The maximum Gasteiger partial charge on any atom is 0.342 e. The van der Waals surface area contributed by atoms with E-state index in [1.807, 2.05) is 0 Å². The molecule has 4 heterocycles. The van der Waals surface area contributed by atoms with Crippen LogP contribution in [0.15, 0.2) is 41.5 Å². The number of carbonyl (C=O) groups is 2. The zero-order valence-corrected chi connectivity index (χ0v) is 24.7. The van der Waals surface area contributed by atoms with Gasteiger partial charge in [0.25, 0.3) is 0 Å². The summed E-state index contributed by atoms with van der Waals surface area (Å²) in [5.74, 6) is 1.06. The summed E-state index contributed by atoms with van der Waals surface area (Å²) in [6.45, 7) is 1.29. The molecule has 5 rings (SSSR count). The van der Waals surface area contributed by atoms with Gasteiger partial charge in [-0.2, -0.15) is 9.97 Å². The van der Waals surface area contributed by atoms with E-state index < -0.39 is 23.6 Å². The first kappa shape index (κ1) is 30.2. The van der Waals surface area contributed by atoms with Crippen LogP contribution >= 0.6 is 22.9 Å². The molecule has 1 aromatic carbocycles. The maximum atomic E-state index is 12.9. The average molecular weight is 625 g/mol. The smallest absolute Gasteiger partial charge is 0.342 e. The number of fused-ring (bicyclic) bond motifs is 1. The van der Waals surface area contributed by atoms with Crippen molar-refractivity contribution in [3.63, 3.8) is 0 Å². The fraction of sp³-hybridized carbons (Fsp3) is 0.357. The summed E-state index contributed by atoms with van der Waals surface area (Å²) in [7, 11) is 1.47. The summed E-state index contributed by atoms with van der Waals surface area (Å²) in [5.41, 5.74) is 8.07. The number of carboxylic acid groups (broad SMARTS) is 1. The fourth-order valence-electron chi connectivity index (χ4n) is 4.97. The number of nitrogens with two attached hydrogens (primary N) is 1. The number of carbonyl (C=O) groups excluding carboxylic acids is 1. The lowest BCUT2D eigenvalue weighted by atomic mass is 9.91. The van der Waals surface area contributed by atoms with Crippen LogP contribution in [-0.4, -0.2) is 74.5 Å². The number of thiazole rings is 1. The SMILES string of the molecule is C#CC(Cn1cnc2c(N)nc(Cl)nc21)C(COC(Cc1ccc(N2CCCNC2=O)cc1)(C(=O)O)c1cscn1)OC. The van der Waals surface area contributed by atoms with Crippen LogP contribution in [0, 0.1) is 18.3 Å². The molecule has 0 saturated carbocycles. The molecule has 224 valence electrons. The van der Waals surface area contributed by atoms with E-state index in [1.54, 1.807) is 44.6 Å². The van der Waals surface area contributed by atoms with Crippen LogP contribution in [0.3, 0.4) is 0 Å². The highest BCUT2D eigenvalue weighted by Gasteiger charge is 2.45. The molecule has 3 aromatic heterocycles. The second kappa shape index (κ2) is 12.9. The van der Waals surface area contributed by atoms with Gasteiger partial charge in [-0.05, 0) is 35.7 Å². The molecule has 13 nitrogen and oxygen atoms in total. The van der Waals surface area contributed by atoms with Crippen LogP contribution in [0.2, 0.25) is 5.28 Å². The van der Waals surface area contributed by atoms with Gasteiger partial charge < -0.3 is 30.2 Å². The Morgan fingerprint density at radius 1 is 1.33 bits per heavy atom. The van der Waals surface area contributed by atoms with Gasteiger partial charge in [-0.15, -0.1) is 17.8 Å². The molecule has 0 spiro atoms. The summed E-state index contributed by atoms with van der Waals surface area (Å²) in [6, 6.07) is 6.98. The summed E-state index contributed by atoms with van der Waals surface area (Å²) >= 11 is 7.26. The van der Waals surface area contributed by atoms with Crippen LogP contribution in [0.5, 0.6) is 0 Å². The Morgan fingerprint density at radius 3 is 2.77 bits per heavy atom. The van der Waals surface area contributed by atoms with Crippen molar-refractivity contribution in [3.05, 3.63) is 58.0 Å². The third kappa shape index (κ3) is 6.25.